The van der Waals surface area contributed by atoms with Crippen molar-refractivity contribution in [1.29, 1.82) is 0 Å². The van der Waals surface area contributed by atoms with Crippen molar-refractivity contribution < 1.29 is 24.2 Å². The smallest absolute Gasteiger partial charge is 0.326 e. The summed E-state index contributed by atoms with van der Waals surface area (Å²) in [5, 5.41) is 11.2. The number of ether oxygens (including phenoxy) is 1. The largest absolute Gasteiger partial charge is 0.480 e. The van der Waals surface area contributed by atoms with Crippen LogP contribution in [-0.2, 0) is 14.3 Å². The lowest BCUT2D eigenvalue weighted by Gasteiger charge is -2.27. The zero-order valence-corrected chi connectivity index (χ0v) is 11.3. The summed E-state index contributed by atoms with van der Waals surface area (Å²) >= 11 is 0. The number of methoxy groups -OCH3 is 1. The van der Waals surface area contributed by atoms with Crippen LogP contribution in [0.5, 0.6) is 0 Å². The quantitative estimate of drug-likeness (QED) is 0.557. The van der Waals surface area contributed by atoms with Crippen LogP contribution < -0.4 is 11.1 Å². The van der Waals surface area contributed by atoms with Gasteiger partial charge < -0.3 is 25.8 Å². The molecule has 1 heterocycles. The van der Waals surface area contributed by atoms with Gasteiger partial charge in [0.25, 0.3) is 0 Å². The standard InChI is InChI=1S/C12H19N3O5/c1-20-7-8-2-4-15(5-3-8)12(19)14-9(11(17)18)6-10(13)16/h2,9H,3-7H2,1H3,(H2,13,16)(H,14,19)(H,17,18). The Labute approximate surface area is 116 Å². The lowest BCUT2D eigenvalue weighted by atomic mass is 10.1. The van der Waals surface area contributed by atoms with E-state index in [1.165, 1.54) is 4.90 Å². The van der Waals surface area contributed by atoms with Crippen LogP contribution in [0.15, 0.2) is 11.6 Å². The number of nitrogens with one attached hydrogen (secondary N) is 1. The second-order valence-corrected chi connectivity index (χ2v) is 4.50. The molecular weight excluding hydrogens is 266 g/mol. The number of carboxylic acid groups (broad SMARTS) is 1. The van der Waals surface area contributed by atoms with E-state index in [0.717, 1.165) is 5.57 Å². The van der Waals surface area contributed by atoms with Crippen molar-refractivity contribution in [3.05, 3.63) is 11.6 Å². The first-order valence-corrected chi connectivity index (χ1v) is 6.17. The SMILES string of the molecule is COCC1=CCN(C(=O)NC(CC(N)=O)C(=O)O)CC1. The average Bonchev–Trinajstić information content (AvgIpc) is 2.38. The van der Waals surface area contributed by atoms with Crippen LogP contribution in [0.25, 0.3) is 0 Å². The first-order chi connectivity index (χ1) is 9.43. The summed E-state index contributed by atoms with van der Waals surface area (Å²) in [5.41, 5.74) is 6.05. The summed E-state index contributed by atoms with van der Waals surface area (Å²) in [6, 6.07) is -1.82. The number of carboxylic acids is 1. The normalized spacial score (nSPS) is 16.2. The highest BCUT2D eigenvalue weighted by Gasteiger charge is 2.25. The van der Waals surface area contributed by atoms with Crippen LogP contribution in [-0.4, -0.2) is 60.8 Å². The molecule has 112 valence electrons. The molecule has 0 aromatic rings. The molecule has 0 spiro atoms. The molecule has 1 rings (SSSR count). The minimum absolute atomic E-state index is 0.382. The molecule has 0 aromatic heterocycles. The summed E-state index contributed by atoms with van der Waals surface area (Å²) < 4.78 is 5.00. The van der Waals surface area contributed by atoms with Gasteiger partial charge in [0, 0.05) is 20.2 Å². The molecule has 0 saturated heterocycles. The van der Waals surface area contributed by atoms with E-state index < -0.39 is 30.4 Å². The van der Waals surface area contributed by atoms with Gasteiger partial charge >= 0.3 is 12.0 Å². The van der Waals surface area contributed by atoms with Gasteiger partial charge in [-0.25, -0.2) is 9.59 Å². The highest BCUT2D eigenvalue weighted by molar-refractivity contribution is 5.87. The van der Waals surface area contributed by atoms with Crippen LogP contribution in [0.4, 0.5) is 4.79 Å². The fourth-order valence-electron chi connectivity index (χ4n) is 1.85. The van der Waals surface area contributed by atoms with E-state index in [1.807, 2.05) is 6.08 Å². The third-order valence-corrected chi connectivity index (χ3v) is 2.92. The summed E-state index contributed by atoms with van der Waals surface area (Å²) in [5.74, 6) is -2.07. The third-order valence-electron chi connectivity index (χ3n) is 2.92. The Hall–Kier alpha value is -2.09. The molecule has 1 unspecified atom stereocenters. The lowest BCUT2D eigenvalue weighted by molar-refractivity contribution is -0.140. The third kappa shape index (κ3) is 4.88. The van der Waals surface area contributed by atoms with Gasteiger partial charge in [-0.05, 0) is 12.0 Å². The number of hydrogen-bond acceptors (Lipinski definition) is 4. The van der Waals surface area contributed by atoms with Gasteiger partial charge in [0.2, 0.25) is 5.91 Å². The van der Waals surface area contributed by atoms with Crippen LogP contribution in [0, 0.1) is 0 Å². The molecule has 4 N–H and O–H groups in total. The molecule has 0 fully saturated rings. The minimum atomic E-state index is -1.30. The van der Waals surface area contributed by atoms with Crippen molar-refractivity contribution in [2.75, 3.05) is 26.8 Å². The number of hydrogen-bond donors (Lipinski definition) is 3. The first-order valence-electron chi connectivity index (χ1n) is 6.17. The predicted octanol–water partition coefficient (Wildman–Crippen LogP) is -0.697. The van der Waals surface area contributed by atoms with E-state index in [2.05, 4.69) is 5.32 Å². The Morgan fingerprint density at radius 3 is 2.70 bits per heavy atom. The molecule has 1 aliphatic rings. The highest BCUT2D eigenvalue weighted by atomic mass is 16.5. The fraction of sp³-hybridized carbons (Fsp3) is 0.583. The molecular formula is C12H19N3O5. The zero-order chi connectivity index (χ0) is 15.1. The second-order valence-electron chi connectivity index (χ2n) is 4.50. The van der Waals surface area contributed by atoms with Crippen molar-refractivity contribution in [2.24, 2.45) is 5.73 Å². The van der Waals surface area contributed by atoms with Crippen molar-refractivity contribution in [1.82, 2.24) is 10.2 Å². The van der Waals surface area contributed by atoms with Gasteiger partial charge in [0.15, 0.2) is 0 Å². The number of rotatable bonds is 6. The minimum Gasteiger partial charge on any atom is -0.480 e. The van der Waals surface area contributed by atoms with Gasteiger partial charge in [-0.2, -0.15) is 0 Å². The Bertz CT molecular complexity index is 421. The van der Waals surface area contributed by atoms with Gasteiger partial charge in [-0.15, -0.1) is 0 Å². The number of nitrogens with two attached hydrogens (primary N) is 1. The van der Waals surface area contributed by atoms with Gasteiger partial charge in [-0.1, -0.05) is 6.08 Å². The zero-order valence-electron chi connectivity index (χ0n) is 11.3. The second kappa shape index (κ2) is 7.49. The van der Waals surface area contributed by atoms with Crippen molar-refractivity contribution in [3.8, 4) is 0 Å². The number of primary amides is 1. The van der Waals surface area contributed by atoms with Gasteiger partial charge in [-0.3, -0.25) is 4.79 Å². The molecule has 20 heavy (non-hydrogen) atoms. The number of nitrogens with zero attached hydrogens (tertiary/aromatic N) is 1. The monoisotopic (exact) mass is 285 g/mol. The van der Waals surface area contributed by atoms with Crippen LogP contribution in [0.1, 0.15) is 12.8 Å². The average molecular weight is 285 g/mol. The van der Waals surface area contributed by atoms with E-state index in [1.54, 1.807) is 7.11 Å². The predicted molar refractivity (Wildman–Crippen MR) is 69.9 cm³/mol. The van der Waals surface area contributed by atoms with E-state index in [0.29, 0.717) is 26.1 Å². The molecule has 0 bridgehead atoms. The Kier molecular flexibility index (Phi) is 5.98. The molecule has 1 atom stereocenters. The van der Waals surface area contributed by atoms with E-state index in [4.69, 9.17) is 15.6 Å². The van der Waals surface area contributed by atoms with Gasteiger partial charge in [0.05, 0.1) is 13.0 Å². The molecule has 0 radical (unpaired) electrons. The maximum absolute atomic E-state index is 11.9. The maximum Gasteiger partial charge on any atom is 0.326 e. The molecule has 8 nitrogen and oxygen atoms in total. The van der Waals surface area contributed by atoms with Crippen LogP contribution >= 0.6 is 0 Å². The number of carbonyl (C=O) groups excluding carboxylic acids is 2. The van der Waals surface area contributed by atoms with Crippen LogP contribution in [0.3, 0.4) is 0 Å². The summed E-state index contributed by atoms with van der Waals surface area (Å²) in [6.45, 7) is 1.38. The number of amides is 3. The fourth-order valence-corrected chi connectivity index (χ4v) is 1.85. The lowest BCUT2D eigenvalue weighted by Crippen LogP contribution is -2.50. The van der Waals surface area contributed by atoms with E-state index in [9.17, 15) is 14.4 Å². The summed E-state index contributed by atoms with van der Waals surface area (Å²) in [4.78, 5) is 35.0. The summed E-state index contributed by atoms with van der Waals surface area (Å²) in [7, 11) is 1.60. The number of carbonyl (C=O) groups is 3. The van der Waals surface area contributed by atoms with E-state index in [-0.39, 0.29) is 0 Å². The Morgan fingerprint density at radius 1 is 1.55 bits per heavy atom. The van der Waals surface area contributed by atoms with Gasteiger partial charge in [0.1, 0.15) is 6.04 Å². The van der Waals surface area contributed by atoms with Crippen molar-refractivity contribution in [2.45, 2.75) is 18.9 Å². The molecule has 0 saturated carbocycles. The topological polar surface area (TPSA) is 122 Å². The van der Waals surface area contributed by atoms with E-state index >= 15 is 0 Å². The molecule has 0 aliphatic carbocycles. The van der Waals surface area contributed by atoms with Crippen LogP contribution in [0.2, 0.25) is 0 Å². The number of urea groups is 1. The Morgan fingerprint density at radius 2 is 2.25 bits per heavy atom. The van der Waals surface area contributed by atoms with Crippen molar-refractivity contribution in [3.63, 3.8) is 0 Å². The Balaban J connectivity index is 2.54. The summed E-state index contributed by atoms with van der Waals surface area (Å²) in [6.07, 6.45) is 2.12. The highest BCUT2D eigenvalue weighted by Crippen LogP contribution is 2.11. The molecule has 3 amide bonds. The number of aliphatic carboxylic acids is 1. The molecule has 8 heteroatoms. The maximum atomic E-state index is 11.9. The first kappa shape index (κ1) is 16.0. The van der Waals surface area contributed by atoms with Crippen molar-refractivity contribution >= 4 is 17.9 Å². The molecule has 1 aliphatic heterocycles. The molecule has 0 aromatic carbocycles.